The molecule has 0 unspecified atom stereocenters. The average Bonchev–Trinajstić information content (AvgIpc) is 3.08. The second kappa shape index (κ2) is 5.81. The van der Waals surface area contributed by atoms with Crippen molar-refractivity contribution in [3.8, 4) is 0 Å². The molecule has 1 aliphatic carbocycles. The van der Waals surface area contributed by atoms with E-state index >= 15 is 0 Å². The first kappa shape index (κ1) is 14.6. The molecule has 1 saturated heterocycles. The van der Waals surface area contributed by atoms with Crippen molar-refractivity contribution in [1.82, 2.24) is 10.2 Å². The summed E-state index contributed by atoms with van der Waals surface area (Å²) < 4.78 is 10.9. The van der Waals surface area contributed by atoms with Crippen molar-refractivity contribution in [1.29, 1.82) is 0 Å². The molecule has 0 atom stereocenters. The van der Waals surface area contributed by atoms with E-state index in [1.54, 1.807) is 6.26 Å². The Kier molecular flexibility index (Phi) is 4.04. The zero-order valence-electron chi connectivity index (χ0n) is 12.9. The van der Waals surface area contributed by atoms with Crippen molar-refractivity contribution >= 4 is 5.91 Å². The Morgan fingerprint density at radius 2 is 2.10 bits per heavy atom. The molecule has 0 aromatic carbocycles. The lowest BCUT2D eigenvalue weighted by Crippen LogP contribution is -2.55. The maximum absolute atomic E-state index is 12.4. The Bertz CT molecular complexity index is 516. The smallest absolute Gasteiger partial charge is 0.287 e. The fourth-order valence-electron chi connectivity index (χ4n) is 3.41. The highest BCUT2D eigenvalue weighted by molar-refractivity contribution is 5.93. The van der Waals surface area contributed by atoms with Crippen molar-refractivity contribution in [2.24, 2.45) is 0 Å². The Balaban J connectivity index is 1.67. The van der Waals surface area contributed by atoms with Crippen LogP contribution in [0.25, 0.3) is 0 Å². The molecular formula is C16H24N2O3. The summed E-state index contributed by atoms with van der Waals surface area (Å²) in [7, 11) is 4.14. The van der Waals surface area contributed by atoms with Crippen LogP contribution in [-0.4, -0.2) is 50.2 Å². The number of amides is 1. The fraction of sp³-hybridized carbons (Fsp3) is 0.688. The van der Waals surface area contributed by atoms with Crippen LogP contribution < -0.4 is 5.32 Å². The van der Waals surface area contributed by atoms with Crippen LogP contribution in [0.1, 0.15) is 40.9 Å². The van der Waals surface area contributed by atoms with Crippen LogP contribution in [0.5, 0.6) is 0 Å². The summed E-state index contributed by atoms with van der Waals surface area (Å²) >= 11 is 0. The quantitative estimate of drug-likeness (QED) is 0.916. The maximum Gasteiger partial charge on any atom is 0.287 e. The van der Waals surface area contributed by atoms with Crippen molar-refractivity contribution < 1.29 is 13.9 Å². The van der Waals surface area contributed by atoms with E-state index in [0.717, 1.165) is 50.9 Å². The van der Waals surface area contributed by atoms with E-state index in [9.17, 15) is 4.79 Å². The number of hydrogen-bond donors (Lipinski definition) is 1. The molecule has 1 amide bonds. The summed E-state index contributed by atoms with van der Waals surface area (Å²) in [5, 5.41) is 3.08. The van der Waals surface area contributed by atoms with Crippen molar-refractivity contribution in [3.63, 3.8) is 0 Å². The number of furan rings is 1. The van der Waals surface area contributed by atoms with Crippen LogP contribution >= 0.6 is 0 Å². The van der Waals surface area contributed by atoms with Gasteiger partial charge < -0.3 is 19.4 Å². The standard InChI is InChI=1S/C16H24N2O3/c1-18(2)16(6-8-20-9-7-16)11-17-15(19)14-13-5-3-4-12(13)10-21-14/h10H,3-9,11H2,1-2H3,(H,17,19). The number of aryl methyl sites for hydroxylation is 1. The number of nitrogens with zero attached hydrogens (tertiary/aromatic N) is 1. The van der Waals surface area contributed by atoms with E-state index in [4.69, 9.17) is 9.15 Å². The molecule has 1 fully saturated rings. The van der Waals surface area contributed by atoms with E-state index in [1.165, 1.54) is 5.56 Å². The molecule has 1 aromatic rings. The molecule has 2 aliphatic rings. The lowest BCUT2D eigenvalue weighted by molar-refractivity contribution is -0.00669. The van der Waals surface area contributed by atoms with Gasteiger partial charge in [0.15, 0.2) is 5.76 Å². The summed E-state index contributed by atoms with van der Waals surface area (Å²) in [6.07, 6.45) is 6.74. The fourth-order valence-corrected chi connectivity index (χ4v) is 3.41. The van der Waals surface area contributed by atoms with Crippen LogP contribution in [0.15, 0.2) is 10.7 Å². The summed E-state index contributed by atoms with van der Waals surface area (Å²) in [4.78, 5) is 14.6. The van der Waals surface area contributed by atoms with E-state index in [-0.39, 0.29) is 11.4 Å². The van der Waals surface area contributed by atoms with E-state index in [2.05, 4.69) is 24.3 Å². The van der Waals surface area contributed by atoms with Gasteiger partial charge >= 0.3 is 0 Å². The van der Waals surface area contributed by atoms with E-state index in [0.29, 0.717) is 12.3 Å². The van der Waals surface area contributed by atoms with Gasteiger partial charge in [-0.2, -0.15) is 0 Å². The SMILES string of the molecule is CN(C)C1(CNC(=O)c2occ3c2CCC3)CCOCC1. The topological polar surface area (TPSA) is 54.7 Å². The number of rotatable bonds is 4. The molecule has 0 bridgehead atoms. The molecule has 3 rings (SSSR count). The minimum Gasteiger partial charge on any atom is -0.459 e. The van der Waals surface area contributed by atoms with Gasteiger partial charge in [-0.3, -0.25) is 4.79 Å². The molecule has 5 heteroatoms. The second-order valence-electron chi connectivity index (χ2n) is 6.34. The molecule has 0 radical (unpaired) electrons. The van der Waals surface area contributed by atoms with Crippen LogP contribution in [-0.2, 0) is 17.6 Å². The van der Waals surface area contributed by atoms with Crippen molar-refractivity contribution in [2.75, 3.05) is 33.9 Å². The highest BCUT2D eigenvalue weighted by Crippen LogP contribution is 2.28. The number of hydrogen-bond acceptors (Lipinski definition) is 4. The van der Waals surface area contributed by atoms with Crippen molar-refractivity contribution in [2.45, 2.75) is 37.6 Å². The Hall–Kier alpha value is -1.33. The molecule has 1 N–H and O–H groups in total. The predicted octanol–water partition coefficient (Wildman–Crippen LogP) is 1.61. The largest absolute Gasteiger partial charge is 0.459 e. The van der Waals surface area contributed by atoms with Crippen LogP contribution in [0.2, 0.25) is 0 Å². The summed E-state index contributed by atoms with van der Waals surface area (Å²) in [5.74, 6) is 0.439. The average molecular weight is 292 g/mol. The summed E-state index contributed by atoms with van der Waals surface area (Å²) in [5.41, 5.74) is 2.30. The molecule has 5 nitrogen and oxygen atoms in total. The normalized spacial score (nSPS) is 20.5. The monoisotopic (exact) mass is 292 g/mol. The van der Waals surface area contributed by atoms with Gasteiger partial charge in [0.2, 0.25) is 0 Å². The highest BCUT2D eigenvalue weighted by atomic mass is 16.5. The van der Waals surface area contributed by atoms with Crippen molar-refractivity contribution in [3.05, 3.63) is 23.2 Å². The first-order valence-corrected chi connectivity index (χ1v) is 7.75. The molecule has 0 spiro atoms. The number of carbonyl (C=O) groups is 1. The number of ether oxygens (including phenoxy) is 1. The van der Waals surface area contributed by atoms with Gasteiger partial charge in [-0.1, -0.05) is 0 Å². The zero-order chi connectivity index (χ0) is 14.9. The summed E-state index contributed by atoms with van der Waals surface area (Å²) in [6, 6.07) is 0. The second-order valence-corrected chi connectivity index (χ2v) is 6.34. The molecule has 1 aliphatic heterocycles. The Morgan fingerprint density at radius 3 is 2.81 bits per heavy atom. The summed E-state index contributed by atoms with van der Waals surface area (Å²) in [6.45, 7) is 2.14. The minimum absolute atomic E-state index is 0.0102. The number of nitrogens with one attached hydrogen (secondary N) is 1. The third-order valence-corrected chi connectivity index (χ3v) is 5.01. The van der Waals surface area contributed by atoms with Gasteiger partial charge in [0.1, 0.15) is 0 Å². The first-order chi connectivity index (χ1) is 10.1. The predicted molar refractivity (Wildman–Crippen MR) is 79.5 cm³/mol. The van der Waals surface area contributed by atoms with Crippen LogP contribution in [0.4, 0.5) is 0 Å². The van der Waals surface area contributed by atoms with E-state index in [1.807, 2.05) is 0 Å². The maximum atomic E-state index is 12.4. The van der Waals surface area contributed by atoms with Gasteiger partial charge in [0.05, 0.1) is 6.26 Å². The minimum atomic E-state index is -0.0779. The van der Waals surface area contributed by atoms with E-state index < -0.39 is 0 Å². The lowest BCUT2D eigenvalue weighted by atomic mass is 9.88. The molecule has 2 heterocycles. The Labute approximate surface area is 125 Å². The third kappa shape index (κ3) is 2.72. The lowest BCUT2D eigenvalue weighted by Gasteiger charge is -2.42. The highest BCUT2D eigenvalue weighted by Gasteiger charge is 2.35. The van der Waals surface area contributed by atoms with Gasteiger partial charge in [-0.05, 0) is 51.8 Å². The zero-order valence-corrected chi connectivity index (χ0v) is 12.9. The van der Waals surface area contributed by atoms with Crippen LogP contribution in [0, 0.1) is 0 Å². The van der Waals surface area contributed by atoms with Crippen LogP contribution in [0.3, 0.4) is 0 Å². The van der Waals surface area contributed by atoms with Gasteiger partial charge in [-0.15, -0.1) is 0 Å². The molecule has 21 heavy (non-hydrogen) atoms. The number of carbonyl (C=O) groups excluding carboxylic acids is 1. The number of fused-ring (bicyclic) bond motifs is 1. The molecule has 1 aromatic heterocycles. The van der Waals surface area contributed by atoms with Gasteiger partial charge in [0, 0.05) is 30.9 Å². The van der Waals surface area contributed by atoms with Gasteiger partial charge in [-0.25, -0.2) is 0 Å². The molecular weight excluding hydrogens is 268 g/mol. The van der Waals surface area contributed by atoms with Gasteiger partial charge in [0.25, 0.3) is 5.91 Å². The molecule has 0 saturated carbocycles. The third-order valence-electron chi connectivity index (χ3n) is 5.01. The number of likely N-dealkylation sites (N-methyl/N-ethyl adjacent to an activating group) is 1. The Morgan fingerprint density at radius 1 is 1.33 bits per heavy atom. The molecule has 116 valence electrons. The first-order valence-electron chi connectivity index (χ1n) is 7.75.